The van der Waals surface area contributed by atoms with Crippen LogP contribution in [0.25, 0.3) is 0 Å². The molecule has 0 spiro atoms. The molecule has 0 bridgehead atoms. The number of nitrogens with zero attached hydrogens (tertiary/aromatic N) is 2. The maximum absolute atomic E-state index is 12.5. The van der Waals surface area contributed by atoms with Crippen LogP contribution in [0, 0.1) is 5.41 Å². The summed E-state index contributed by atoms with van der Waals surface area (Å²) in [4.78, 5) is 14.2. The number of oxime groups is 1. The number of amidine groups is 1. The summed E-state index contributed by atoms with van der Waals surface area (Å²) >= 11 is 0. The minimum atomic E-state index is -0.411. The first kappa shape index (κ1) is 16.4. The molecule has 0 aromatic heterocycles. The molecule has 1 aromatic carbocycles. The Hall–Kier alpha value is -2.50. The number of ether oxygens (including phenoxy) is 1. The highest BCUT2D eigenvalue weighted by molar-refractivity contribution is 5.89. The lowest BCUT2D eigenvalue weighted by Crippen LogP contribution is -2.43. The normalized spacial score (nSPS) is 24.1. The van der Waals surface area contributed by atoms with E-state index in [1.165, 1.54) is 5.56 Å². The number of rotatable bonds is 7. The average Bonchev–Trinajstić information content (AvgIpc) is 3.52. The second-order valence-corrected chi connectivity index (χ2v) is 6.58. The third-order valence-corrected chi connectivity index (χ3v) is 4.92. The maximum Gasteiger partial charge on any atom is 0.410 e. The van der Waals surface area contributed by atoms with Crippen LogP contribution in [0.5, 0.6) is 0 Å². The van der Waals surface area contributed by atoms with Gasteiger partial charge >= 0.3 is 6.09 Å². The summed E-state index contributed by atoms with van der Waals surface area (Å²) in [6.45, 7) is 4.17. The van der Waals surface area contributed by atoms with Crippen molar-refractivity contribution in [2.45, 2.75) is 31.2 Å². The van der Waals surface area contributed by atoms with Gasteiger partial charge in [0.15, 0.2) is 0 Å². The smallest absolute Gasteiger partial charge is 0.410 e. The maximum atomic E-state index is 12.5. The third-order valence-electron chi connectivity index (χ3n) is 4.92. The number of hydrogen-bond acceptors (Lipinski definition) is 4. The van der Waals surface area contributed by atoms with E-state index in [0.29, 0.717) is 12.5 Å². The lowest BCUT2D eigenvalue weighted by molar-refractivity contribution is 0.104. The molecule has 2 fully saturated rings. The van der Waals surface area contributed by atoms with Gasteiger partial charge in [-0.3, -0.25) is 0 Å². The van der Waals surface area contributed by atoms with E-state index in [-0.39, 0.29) is 24.6 Å². The van der Waals surface area contributed by atoms with Gasteiger partial charge in [-0.1, -0.05) is 48.1 Å². The number of amides is 1. The molecule has 2 atom stereocenters. The molecule has 2 saturated carbocycles. The zero-order chi connectivity index (χ0) is 17.2. The molecular weight excluding hydrogens is 306 g/mol. The Morgan fingerprint density at radius 3 is 2.75 bits per heavy atom. The molecule has 6 nitrogen and oxygen atoms in total. The van der Waals surface area contributed by atoms with E-state index in [2.05, 4.69) is 23.9 Å². The standard InChI is InChI=1S/C18H23N3O3/c1-2-10-24-17(22)21(12-18(8-9-18)16(19)20-23)15-11-14(15)13-6-4-3-5-7-13/h2-7,14-15,23H,1,8-12H2,(H2,19,20)/t14-,15+/m0/s1. The van der Waals surface area contributed by atoms with Gasteiger partial charge in [0, 0.05) is 23.9 Å². The minimum absolute atomic E-state index is 0.0914. The van der Waals surface area contributed by atoms with Crippen LogP contribution in [0.3, 0.4) is 0 Å². The van der Waals surface area contributed by atoms with Gasteiger partial charge in [0.2, 0.25) is 0 Å². The summed E-state index contributed by atoms with van der Waals surface area (Å²) in [6.07, 6.45) is 3.72. The van der Waals surface area contributed by atoms with E-state index in [4.69, 9.17) is 15.7 Å². The minimum Gasteiger partial charge on any atom is -0.445 e. The fraction of sp³-hybridized carbons (Fsp3) is 0.444. The van der Waals surface area contributed by atoms with Gasteiger partial charge in [-0.15, -0.1) is 0 Å². The number of carbonyl (C=O) groups is 1. The number of hydrogen-bond donors (Lipinski definition) is 2. The number of benzene rings is 1. The molecule has 0 saturated heterocycles. The van der Waals surface area contributed by atoms with Crippen LogP contribution in [0.1, 0.15) is 30.7 Å². The highest BCUT2D eigenvalue weighted by Crippen LogP contribution is 2.51. The number of carbonyl (C=O) groups excluding carboxylic acids is 1. The third kappa shape index (κ3) is 3.22. The second-order valence-electron chi connectivity index (χ2n) is 6.58. The van der Waals surface area contributed by atoms with Crippen LogP contribution in [0.15, 0.2) is 48.1 Å². The van der Waals surface area contributed by atoms with E-state index in [1.54, 1.807) is 11.0 Å². The van der Waals surface area contributed by atoms with Crippen molar-refractivity contribution in [2.24, 2.45) is 16.3 Å². The van der Waals surface area contributed by atoms with Crippen molar-refractivity contribution in [3.63, 3.8) is 0 Å². The molecule has 128 valence electrons. The van der Waals surface area contributed by atoms with Crippen LogP contribution in [0.2, 0.25) is 0 Å². The van der Waals surface area contributed by atoms with Crippen molar-refractivity contribution in [3.8, 4) is 0 Å². The molecule has 0 radical (unpaired) electrons. The fourth-order valence-electron chi connectivity index (χ4n) is 3.19. The van der Waals surface area contributed by atoms with Gasteiger partial charge in [-0.05, 0) is 24.8 Å². The van der Waals surface area contributed by atoms with Gasteiger partial charge < -0.3 is 20.6 Å². The van der Waals surface area contributed by atoms with Crippen LogP contribution in [-0.4, -0.2) is 41.2 Å². The Balaban J connectivity index is 1.74. The summed E-state index contributed by atoms with van der Waals surface area (Å²) in [6, 6.07) is 10.2. The van der Waals surface area contributed by atoms with Crippen molar-refractivity contribution >= 4 is 11.9 Å². The van der Waals surface area contributed by atoms with Crippen LogP contribution in [-0.2, 0) is 4.74 Å². The largest absolute Gasteiger partial charge is 0.445 e. The topological polar surface area (TPSA) is 88.2 Å². The molecule has 0 heterocycles. The molecular formula is C18H23N3O3. The molecule has 0 aliphatic heterocycles. The molecule has 3 rings (SSSR count). The van der Waals surface area contributed by atoms with Crippen LogP contribution < -0.4 is 5.73 Å². The lowest BCUT2D eigenvalue weighted by Gasteiger charge is -2.27. The second kappa shape index (κ2) is 6.55. The van der Waals surface area contributed by atoms with E-state index >= 15 is 0 Å². The van der Waals surface area contributed by atoms with E-state index in [0.717, 1.165) is 19.3 Å². The van der Waals surface area contributed by atoms with E-state index in [1.807, 2.05) is 18.2 Å². The monoisotopic (exact) mass is 329 g/mol. The molecule has 3 N–H and O–H groups in total. The molecule has 0 unspecified atom stereocenters. The first-order valence-electron chi connectivity index (χ1n) is 8.18. The summed E-state index contributed by atoms with van der Waals surface area (Å²) in [5.41, 5.74) is 6.64. The Morgan fingerprint density at radius 2 is 2.17 bits per heavy atom. The summed E-state index contributed by atoms with van der Waals surface area (Å²) in [5, 5.41) is 12.2. The molecule has 1 aromatic rings. The quantitative estimate of drug-likeness (QED) is 0.265. The molecule has 24 heavy (non-hydrogen) atoms. The first-order chi connectivity index (χ1) is 11.6. The zero-order valence-electron chi connectivity index (χ0n) is 13.6. The van der Waals surface area contributed by atoms with Crippen molar-refractivity contribution < 1.29 is 14.7 Å². The Morgan fingerprint density at radius 1 is 1.46 bits per heavy atom. The summed E-state index contributed by atoms with van der Waals surface area (Å²) in [5.74, 6) is 0.506. The van der Waals surface area contributed by atoms with Crippen molar-refractivity contribution in [2.75, 3.05) is 13.2 Å². The van der Waals surface area contributed by atoms with E-state index < -0.39 is 5.41 Å². The SMILES string of the molecule is C=CCOC(=O)N(CC1(C(N)=NO)CC1)[C@@H]1C[C@H]1c1ccccc1. The van der Waals surface area contributed by atoms with Crippen LogP contribution in [0.4, 0.5) is 4.79 Å². The van der Waals surface area contributed by atoms with E-state index in [9.17, 15) is 4.79 Å². The Labute approximate surface area is 141 Å². The van der Waals surface area contributed by atoms with Crippen molar-refractivity contribution in [1.29, 1.82) is 0 Å². The first-order valence-corrected chi connectivity index (χ1v) is 8.18. The molecule has 6 heteroatoms. The van der Waals surface area contributed by atoms with Gasteiger partial charge in [0.25, 0.3) is 0 Å². The van der Waals surface area contributed by atoms with Crippen molar-refractivity contribution in [3.05, 3.63) is 48.6 Å². The highest BCUT2D eigenvalue weighted by Gasteiger charge is 2.54. The van der Waals surface area contributed by atoms with Gasteiger partial charge in [-0.2, -0.15) is 0 Å². The Kier molecular flexibility index (Phi) is 4.46. The molecule has 2 aliphatic rings. The van der Waals surface area contributed by atoms with Crippen LogP contribution >= 0.6 is 0 Å². The highest BCUT2D eigenvalue weighted by atomic mass is 16.6. The molecule has 2 aliphatic carbocycles. The predicted octanol–water partition coefficient (Wildman–Crippen LogP) is 2.69. The predicted molar refractivity (Wildman–Crippen MR) is 90.9 cm³/mol. The summed E-state index contributed by atoms with van der Waals surface area (Å²) < 4.78 is 5.25. The van der Waals surface area contributed by atoms with Gasteiger partial charge in [0.1, 0.15) is 12.4 Å². The average molecular weight is 329 g/mol. The number of nitrogens with two attached hydrogens (primary N) is 1. The molecule has 1 amide bonds. The summed E-state index contributed by atoms with van der Waals surface area (Å²) in [7, 11) is 0. The van der Waals surface area contributed by atoms with Gasteiger partial charge in [0.05, 0.1) is 0 Å². The lowest BCUT2D eigenvalue weighted by atomic mass is 10.1. The fourth-order valence-corrected chi connectivity index (χ4v) is 3.19. The zero-order valence-corrected chi connectivity index (χ0v) is 13.6. The Bertz CT molecular complexity index is 640. The van der Waals surface area contributed by atoms with Gasteiger partial charge in [-0.25, -0.2) is 4.79 Å². The van der Waals surface area contributed by atoms with Crippen molar-refractivity contribution in [1.82, 2.24) is 4.90 Å².